The largest absolute Gasteiger partial charge is 0.319 e. The fourth-order valence-corrected chi connectivity index (χ4v) is 3.40. The molecule has 2 heteroatoms. The van der Waals surface area contributed by atoms with Gasteiger partial charge in [-0.05, 0) is 44.2 Å². The Hall–Kier alpha value is -0.0800. The van der Waals surface area contributed by atoms with Crippen LogP contribution >= 0.6 is 0 Å². The molecule has 1 fully saturated rings. The Balaban J connectivity index is 2.52. The summed E-state index contributed by atoms with van der Waals surface area (Å²) in [6.07, 6.45) is 5.63. The minimum absolute atomic E-state index is 0.533. The van der Waals surface area contributed by atoms with Crippen molar-refractivity contribution in [3.05, 3.63) is 0 Å². The van der Waals surface area contributed by atoms with Gasteiger partial charge in [0.2, 0.25) is 0 Å². The third-order valence-electron chi connectivity index (χ3n) is 4.17. The van der Waals surface area contributed by atoms with Gasteiger partial charge in [-0.15, -0.1) is 0 Å². The number of nitrogens with zero attached hydrogens (tertiary/aromatic N) is 1. The van der Waals surface area contributed by atoms with Crippen LogP contribution in [0.15, 0.2) is 0 Å². The summed E-state index contributed by atoms with van der Waals surface area (Å²) in [5, 5.41) is 3.43. The number of rotatable bonds is 6. The van der Waals surface area contributed by atoms with Gasteiger partial charge in [-0.2, -0.15) is 0 Å². The lowest BCUT2D eigenvalue weighted by Crippen LogP contribution is -2.45. The van der Waals surface area contributed by atoms with Crippen molar-refractivity contribution in [2.45, 2.75) is 46.5 Å². The van der Waals surface area contributed by atoms with Crippen molar-refractivity contribution in [2.75, 3.05) is 33.7 Å². The van der Waals surface area contributed by atoms with Gasteiger partial charge in [0, 0.05) is 19.6 Å². The highest BCUT2D eigenvalue weighted by molar-refractivity contribution is 4.88. The molecule has 0 heterocycles. The number of nitrogens with one attached hydrogen (secondary N) is 1. The normalized spacial score (nSPS) is 30.2. The van der Waals surface area contributed by atoms with E-state index in [0.717, 1.165) is 11.8 Å². The quantitative estimate of drug-likeness (QED) is 0.768. The van der Waals surface area contributed by atoms with E-state index in [1.807, 2.05) is 0 Å². The molecular formula is C15H32N2. The van der Waals surface area contributed by atoms with E-state index < -0.39 is 0 Å². The summed E-state index contributed by atoms with van der Waals surface area (Å²) in [5.74, 6) is 1.71. The Morgan fingerprint density at radius 1 is 1.29 bits per heavy atom. The van der Waals surface area contributed by atoms with Crippen molar-refractivity contribution in [1.29, 1.82) is 0 Å². The van der Waals surface area contributed by atoms with Crippen molar-refractivity contribution in [1.82, 2.24) is 10.2 Å². The van der Waals surface area contributed by atoms with Crippen molar-refractivity contribution in [2.24, 2.45) is 17.3 Å². The maximum atomic E-state index is 3.43. The lowest BCUT2D eigenvalue weighted by Gasteiger charge is -2.42. The Morgan fingerprint density at radius 3 is 2.35 bits per heavy atom. The standard InChI is InChI=1S/C15H32N2/c1-13(2)10-17(5)12-15(11-16-4)8-6-14(3)7-9-15/h13-14,16H,6-12H2,1-5H3. The molecule has 102 valence electrons. The molecule has 0 aromatic carbocycles. The SMILES string of the molecule is CNCC1(CN(C)CC(C)C)CCC(C)CC1. The lowest BCUT2D eigenvalue weighted by molar-refractivity contribution is 0.0957. The zero-order valence-corrected chi connectivity index (χ0v) is 12.6. The van der Waals surface area contributed by atoms with Crippen molar-refractivity contribution < 1.29 is 0 Å². The molecule has 0 aromatic rings. The molecular weight excluding hydrogens is 208 g/mol. The topological polar surface area (TPSA) is 15.3 Å². The summed E-state index contributed by atoms with van der Waals surface area (Å²) in [6, 6.07) is 0. The molecule has 2 nitrogen and oxygen atoms in total. The molecule has 0 aromatic heterocycles. The Labute approximate surface area is 108 Å². The van der Waals surface area contributed by atoms with Gasteiger partial charge in [0.05, 0.1) is 0 Å². The molecule has 1 saturated carbocycles. The maximum Gasteiger partial charge on any atom is 0.00472 e. The third-order valence-corrected chi connectivity index (χ3v) is 4.17. The maximum absolute atomic E-state index is 3.43. The molecule has 0 amide bonds. The van der Waals surface area contributed by atoms with Crippen LogP contribution in [0.4, 0.5) is 0 Å². The highest BCUT2D eigenvalue weighted by Crippen LogP contribution is 2.39. The first kappa shape index (κ1) is 15.0. The highest BCUT2D eigenvalue weighted by atomic mass is 15.1. The molecule has 0 atom stereocenters. The van der Waals surface area contributed by atoms with Gasteiger partial charge in [-0.1, -0.05) is 33.6 Å². The minimum atomic E-state index is 0.533. The summed E-state index contributed by atoms with van der Waals surface area (Å²) < 4.78 is 0. The van der Waals surface area contributed by atoms with Gasteiger partial charge >= 0.3 is 0 Å². The molecule has 0 spiro atoms. The lowest BCUT2D eigenvalue weighted by atomic mass is 9.70. The molecule has 17 heavy (non-hydrogen) atoms. The zero-order chi connectivity index (χ0) is 12.9. The van der Waals surface area contributed by atoms with E-state index in [-0.39, 0.29) is 0 Å². The van der Waals surface area contributed by atoms with E-state index in [1.165, 1.54) is 45.3 Å². The highest BCUT2D eigenvalue weighted by Gasteiger charge is 2.34. The zero-order valence-electron chi connectivity index (χ0n) is 12.6. The fraction of sp³-hybridized carbons (Fsp3) is 1.00. The summed E-state index contributed by atoms with van der Waals surface area (Å²) in [6.45, 7) is 10.7. The van der Waals surface area contributed by atoms with Crippen LogP contribution in [-0.4, -0.2) is 38.6 Å². The fourth-order valence-electron chi connectivity index (χ4n) is 3.40. The Kier molecular flexibility index (Phi) is 5.94. The summed E-state index contributed by atoms with van der Waals surface area (Å²) >= 11 is 0. The van der Waals surface area contributed by atoms with Crippen molar-refractivity contribution >= 4 is 0 Å². The second-order valence-corrected chi connectivity index (χ2v) is 6.80. The molecule has 0 aliphatic heterocycles. The molecule has 1 N–H and O–H groups in total. The monoisotopic (exact) mass is 240 g/mol. The summed E-state index contributed by atoms with van der Waals surface area (Å²) in [4.78, 5) is 2.54. The van der Waals surface area contributed by atoms with Crippen molar-refractivity contribution in [3.8, 4) is 0 Å². The van der Waals surface area contributed by atoms with E-state index in [9.17, 15) is 0 Å². The van der Waals surface area contributed by atoms with Gasteiger partial charge in [0.25, 0.3) is 0 Å². The van der Waals surface area contributed by atoms with E-state index in [2.05, 4.69) is 45.1 Å². The van der Waals surface area contributed by atoms with Crippen LogP contribution in [0.3, 0.4) is 0 Å². The van der Waals surface area contributed by atoms with E-state index >= 15 is 0 Å². The predicted molar refractivity (Wildman–Crippen MR) is 76.3 cm³/mol. The van der Waals surface area contributed by atoms with Gasteiger partial charge in [-0.25, -0.2) is 0 Å². The molecule has 1 rings (SSSR count). The molecule has 0 unspecified atom stereocenters. The Morgan fingerprint density at radius 2 is 1.88 bits per heavy atom. The third kappa shape index (κ3) is 4.97. The van der Waals surface area contributed by atoms with Gasteiger partial charge in [0.15, 0.2) is 0 Å². The van der Waals surface area contributed by atoms with Gasteiger partial charge in [0.1, 0.15) is 0 Å². The number of hydrogen-bond acceptors (Lipinski definition) is 2. The van der Waals surface area contributed by atoms with Crippen LogP contribution in [-0.2, 0) is 0 Å². The van der Waals surface area contributed by atoms with Crippen LogP contribution in [0.25, 0.3) is 0 Å². The summed E-state index contributed by atoms with van der Waals surface area (Å²) in [5.41, 5.74) is 0.533. The van der Waals surface area contributed by atoms with E-state index in [1.54, 1.807) is 0 Å². The van der Waals surface area contributed by atoms with E-state index in [0.29, 0.717) is 5.41 Å². The van der Waals surface area contributed by atoms with Gasteiger partial charge < -0.3 is 10.2 Å². The average molecular weight is 240 g/mol. The smallest absolute Gasteiger partial charge is 0.00472 e. The molecule has 1 aliphatic carbocycles. The van der Waals surface area contributed by atoms with Gasteiger partial charge in [-0.3, -0.25) is 0 Å². The first-order chi connectivity index (χ1) is 7.97. The molecule has 0 radical (unpaired) electrons. The molecule has 1 aliphatic rings. The first-order valence-corrected chi connectivity index (χ1v) is 7.30. The second kappa shape index (κ2) is 6.75. The van der Waals surface area contributed by atoms with E-state index in [4.69, 9.17) is 0 Å². The Bertz CT molecular complexity index is 205. The second-order valence-electron chi connectivity index (χ2n) is 6.80. The first-order valence-electron chi connectivity index (χ1n) is 7.30. The average Bonchev–Trinajstić information content (AvgIpc) is 2.21. The summed E-state index contributed by atoms with van der Waals surface area (Å²) in [7, 11) is 4.39. The van der Waals surface area contributed by atoms with Crippen LogP contribution < -0.4 is 5.32 Å². The molecule has 0 bridgehead atoms. The van der Waals surface area contributed by atoms with Crippen LogP contribution in [0.1, 0.15) is 46.5 Å². The van der Waals surface area contributed by atoms with Crippen LogP contribution in [0.2, 0.25) is 0 Å². The predicted octanol–water partition coefficient (Wildman–Crippen LogP) is 2.99. The molecule has 0 saturated heterocycles. The van der Waals surface area contributed by atoms with Crippen LogP contribution in [0.5, 0.6) is 0 Å². The van der Waals surface area contributed by atoms with Crippen LogP contribution in [0, 0.1) is 17.3 Å². The number of hydrogen-bond donors (Lipinski definition) is 1. The van der Waals surface area contributed by atoms with Crippen molar-refractivity contribution in [3.63, 3.8) is 0 Å². The minimum Gasteiger partial charge on any atom is -0.319 e.